The van der Waals surface area contributed by atoms with E-state index in [4.69, 9.17) is 4.74 Å². The summed E-state index contributed by atoms with van der Waals surface area (Å²) < 4.78 is 5.24. The van der Waals surface area contributed by atoms with E-state index in [0.717, 1.165) is 25.8 Å². The topological polar surface area (TPSA) is 29.5 Å². The number of methoxy groups -OCH3 is 1. The van der Waals surface area contributed by atoms with Crippen LogP contribution in [0.1, 0.15) is 38.7 Å². The van der Waals surface area contributed by atoms with Crippen molar-refractivity contribution >= 4 is 17.2 Å². The number of carbonyl (C=O) groups excluding carboxylic acids is 1. The molecule has 4 heteroatoms. The molecule has 106 valence electrons. The monoisotopic (exact) mass is 281 g/mol. The lowest BCUT2D eigenvalue weighted by Crippen LogP contribution is -2.43. The summed E-state index contributed by atoms with van der Waals surface area (Å²) in [5.74, 6) is 0.273. The molecule has 1 aromatic heterocycles. The van der Waals surface area contributed by atoms with Crippen LogP contribution in [-0.4, -0.2) is 30.6 Å². The quantitative estimate of drug-likeness (QED) is 0.767. The summed E-state index contributed by atoms with van der Waals surface area (Å²) in [4.78, 5) is 14.8. The Morgan fingerprint density at radius 2 is 2.32 bits per heavy atom. The molecule has 1 heterocycles. The van der Waals surface area contributed by atoms with Crippen molar-refractivity contribution in [1.29, 1.82) is 0 Å². The van der Waals surface area contributed by atoms with E-state index >= 15 is 0 Å². The fraction of sp³-hybridized carbons (Fsp3) is 0.667. The molecule has 1 atom stereocenters. The number of thiophene rings is 1. The molecule has 3 nitrogen and oxygen atoms in total. The zero-order valence-corrected chi connectivity index (χ0v) is 12.8. The van der Waals surface area contributed by atoms with Crippen molar-refractivity contribution in [3.63, 3.8) is 0 Å². The van der Waals surface area contributed by atoms with Crippen LogP contribution in [0.25, 0.3) is 0 Å². The second kappa shape index (κ2) is 6.06. The molecule has 2 rings (SSSR count). The van der Waals surface area contributed by atoms with E-state index in [1.54, 1.807) is 18.4 Å². The first-order chi connectivity index (χ1) is 9.13. The predicted molar refractivity (Wildman–Crippen MR) is 78.2 cm³/mol. The number of nitrogens with zero attached hydrogens (tertiary/aromatic N) is 1. The molecule has 0 bridgehead atoms. The molecule has 0 unspecified atom stereocenters. The second-order valence-corrected chi connectivity index (χ2v) is 6.32. The van der Waals surface area contributed by atoms with Gasteiger partial charge in [0.05, 0.1) is 12.0 Å². The molecule has 0 saturated heterocycles. The number of amides is 1. The van der Waals surface area contributed by atoms with E-state index in [1.807, 2.05) is 4.90 Å². The minimum absolute atomic E-state index is 0.228. The standard InChI is InChI=1S/C15H23NO2S/c1-4-12(2)16(9-13-5-8-19-10-13)14(17)15(6-7-15)11-18-3/h5,8,10,12H,4,6-7,9,11H2,1-3H3/t12-/m1/s1. The molecule has 0 aliphatic heterocycles. The van der Waals surface area contributed by atoms with Gasteiger partial charge in [0.2, 0.25) is 5.91 Å². The van der Waals surface area contributed by atoms with Crippen LogP contribution in [0, 0.1) is 5.41 Å². The van der Waals surface area contributed by atoms with E-state index in [2.05, 4.69) is 30.7 Å². The Morgan fingerprint density at radius 3 is 2.79 bits per heavy atom. The highest BCUT2D eigenvalue weighted by Crippen LogP contribution is 2.48. The van der Waals surface area contributed by atoms with Crippen molar-refractivity contribution in [3.8, 4) is 0 Å². The second-order valence-electron chi connectivity index (χ2n) is 5.54. The van der Waals surface area contributed by atoms with Crippen LogP contribution in [-0.2, 0) is 16.1 Å². The molecular weight excluding hydrogens is 258 g/mol. The first-order valence-electron chi connectivity index (χ1n) is 6.94. The van der Waals surface area contributed by atoms with Gasteiger partial charge in [-0.2, -0.15) is 11.3 Å². The number of ether oxygens (including phenoxy) is 1. The summed E-state index contributed by atoms with van der Waals surface area (Å²) in [6.07, 6.45) is 2.92. The Balaban J connectivity index is 2.11. The lowest BCUT2D eigenvalue weighted by Gasteiger charge is -2.32. The van der Waals surface area contributed by atoms with E-state index in [1.165, 1.54) is 5.56 Å². The molecular formula is C15H23NO2S. The molecule has 0 spiro atoms. The lowest BCUT2D eigenvalue weighted by molar-refractivity contribution is -0.142. The van der Waals surface area contributed by atoms with E-state index in [-0.39, 0.29) is 17.4 Å². The minimum Gasteiger partial charge on any atom is -0.384 e. The SMILES string of the molecule is CC[C@@H](C)N(Cc1ccsc1)C(=O)C1(COC)CC1. The highest BCUT2D eigenvalue weighted by Gasteiger charge is 2.52. The summed E-state index contributed by atoms with van der Waals surface area (Å²) in [6.45, 7) is 5.55. The maximum atomic E-state index is 12.8. The average Bonchev–Trinajstić information content (AvgIpc) is 3.01. The molecule has 0 radical (unpaired) electrons. The van der Waals surface area contributed by atoms with Gasteiger partial charge in [0.1, 0.15) is 0 Å². The summed E-state index contributed by atoms with van der Waals surface area (Å²) in [5, 5.41) is 4.19. The molecule has 1 aromatic rings. The Morgan fingerprint density at radius 1 is 1.58 bits per heavy atom. The van der Waals surface area contributed by atoms with Gasteiger partial charge >= 0.3 is 0 Å². The average molecular weight is 281 g/mol. The third-order valence-corrected chi connectivity index (χ3v) is 4.78. The zero-order valence-electron chi connectivity index (χ0n) is 12.0. The van der Waals surface area contributed by atoms with Crippen LogP contribution in [0.5, 0.6) is 0 Å². The Labute approximate surface area is 119 Å². The van der Waals surface area contributed by atoms with Gasteiger partial charge in [-0.3, -0.25) is 4.79 Å². The van der Waals surface area contributed by atoms with Crippen molar-refractivity contribution in [1.82, 2.24) is 4.90 Å². The minimum atomic E-state index is -0.228. The molecule has 1 fully saturated rings. The third-order valence-electron chi connectivity index (χ3n) is 4.04. The number of hydrogen-bond donors (Lipinski definition) is 0. The molecule has 1 amide bonds. The summed E-state index contributed by atoms with van der Waals surface area (Å²) >= 11 is 1.68. The van der Waals surface area contributed by atoms with Gasteiger partial charge in [0, 0.05) is 19.7 Å². The highest BCUT2D eigenvalue weighted by atomic mass is 32.1. The van der Waals surface area contributed by atoms with Crippen molar-refractivity contribution in [2.75, 3.05) is 13.7 Å². The van der Waals surface area contributed by atoms with E-state index in [0.29, 0.717) is 6.61 Å². The van der Waals surface area contributed by atoms with Crippen molar-refractivity contribution in [3.05, 3.63) is 22.4 Å². The lowest BCUT2D eigenvalue weighted by atomic mass is 10.0. The molecule has 1 aliphatic rings. The van der Waals surface area contributed by atoms with Crippen LogP contribution in [0.4, 0.5) is 0 Å². The number of carbonyl (C=O) groups is 1. The van der Waals surface area contributed by atoms with Gasteiger partial charge in [-0.25, -0.2) is 0 Å². The third kappa shape index (κ3) is 3.18. The van der Waals surface area contributed by atoms with Crippen molar-refractivity contribution in [2.24, 2.45) is 5.41 Å². The summed E-state index contributed by atoms with van der Waals surface area (Å²) in [5.41, 5.74) is 1.00. The first kappa shape index (κ1) is 14.5. The van der Waals surface area contributed by atoms with Gasteiger partial charge < -0.3 is 9.64 Å². The van der Waals surface area contributed by atoms with Crippen molar-refractivity contribution in [2.45, 2.75) is 45.7 Å². The molecule has 1 aliphatic carbocycles. The Bertz CT molecular complexity index is 412. The number of rotatable bonds is 7. The van der Waals surface area contributed by atoms with Gasteiger partial charge in [0.25, 0.3) is 0 Å². The fourth-order valence-corrected chi connectivity index (χ4v) is 3.04. The summed E-state index contributed by atoms with van der Waals surface area (Å²) in [6, 6.07) is 2.38. The highest BCUT2D eigenvalue weighted by molar-refractivity contribution is 7.07. The fourth-order valence-electron chi connectivity index (χ4n) is 2.38. The molecule has 0 N–H and O–H groups in total. The van der Waals surface area contributed by atoms with Gasteiger partial charge in [0.15, 0.2) is 0 Å². The largest absolute Gasteiger partial charge is 0.384 e. The van der Waals surface area contributed by atoms with Crippen molar-refractivity contribution < 1.29 is 9.53 Å². The van der Waals surface area contributed by atoms with Crippen LogP contribution in [0.2, 0.25) is 0 Å². The molecule has 1 saturated carbocycles. The predicted octanol–water partition coefficient (Wildman–Crippen LogP) is 3.30. The maximum absolute atomic E-state index is 12.8. The Kier molecular flexibility index (Phi) is 4.63. The van der Waals surface area contributed by atoms with E-state index in [9.17, 15) is 4.79 Å². The zero-order chi connectivity index (χ0) is 13.9. The van der Waals surface area contributed by atoms with Gasteiger partial charge in [-0.15, -0.1) is 0 Å². The van der Waals surface area contributed by atoms with Gasteiger partial charge in [-0.05, 0) is 48.6 Å². The number of hydrogen-bond acceptors (Lipinski definition) is 3. The van der Waals surface area contributed by atoms with E-state index < -0.39 is 0 Å². The maximum Gasteiger partial charge on any atom is 0.231 e. The van der Waals surface area contributed by atoms with Crippen LogP contribution >= 0.6 is 11.3 Å². The van der Waals surface area contributed by atoms with Crippen LogP contribution in [0.3, 0.4) is 0 Å². The van der Waals surface area contributed by atoms with Gasteiger partial charge in [-0.1, -0.05) is 6.92 Å². The summed E-state index contributed by atoms with van der Waals surface area (Å²) in [7, 11) is 1.68. The van der Waals surface area contributed by atoms with Crippen LogP contribution in [0.15, 0.2) is 16.8 Å². The molecule has 0 aromatic carbocycles. The smallest absolute Gasteiger partial charge is 0.231 e. The Hall–Kier alpha value is -0.870. The van der Waals surface area contributed by atoms with Crippen LogP contribution < -0.4 is 0 Å². The normalized spacial score (nSPS) is 18.1. The first-order valence-corrected chi connectivity index (χ1v) is 7.88. The molecule has 19 heavy (non-hydrogen) atoms.